The summed E-state index contributed by atoms with van der Waals surface area (Å²) in [5.41, 5.74) is 1.39. The maximum Gasteiger partial charge on any atom is 0.407 e. The van der Waals surface area contributed by atoms with Gasteiger partial charge in [-0.05, 0) is 117 Å². The Bertz CT molecular complexity index is 2080. The zero-order valence-corrected chi connectivity index (χ0v) is 35.1. The van der Waals surface area contributed by atoms with Crippen molar-refractivity contribution in [2.45, 2.75) is 152 Å². The highest BCUT2D eigenvalue weighted by Gasteiger charge is 2.62. The Morgan fingerprint density at radius 1 is 1.02 bits per heavy atom. The molecular weight excluding hydrogens is 763 g/mol. The van der Waals surface area contributed by atoms with Crippen LogP contribution in [-0.4, -0.2) is 91.4 Å². The van der Waals surface area contributed by atoms with Crippen molar-refractivity contribution in [3.05, 3.63) is 29.0 Å². The molecule has 4 bridgehead atoms. The van der Waals surface area contributed by atoms with Crippen molar-refractivity contribution in [2.24, 2.45) is 17.3 Å². The monoisotopic (exact) mass is 821 g/mol. The summed E-state index contributed by atoms with van der Waals surface area (Å²) in [6.45, 7) is 6.21. The van der Waals surface area contributed by atoms with Gasteiger partial charge in [0.1, 0.15) is 29.5 Å². The Morgan fingerprint density at radius 2 is 1.79 bits per heavy atom. The quantitative estimate of drug-likeness (QED) is 0.328. The predicted molar refractivity (Wildman–Crippen MR) is 216 cm³/mol. The Kier molecular flexibility index (Phi) is 11.1. The molecule has 15 heteroatoms. The molecule has 1 aromatic heterocycles. The number of methoxy groups -OCH3 is 1. The number of pyridine rings is 1. The molecule has 2 aliphatic heterocycles. The first-order valence-electron chi connectivity index (χ1n) is 21.5. The minimum Gasteiger partial charge on any atom is -0.496 e. The van der Waals surface area contributed by atoms with Gasteiger partial charge in [-0.1, -0.05) is 46.5 Å². The molecule has 316 valence electrons. The number of ether oxygens (including phenoxy) is 3. The number of aromatic nitrogens is 1. The predicted octanol–water partition coefficient (Wildman–Crippen LogP) is 5.01. The van der Waals surface area contributed by atoms with Gasteiger partial charge >= 0.3 is 6.09 Å². The summed E-state index contributed by atoms with van der Waals surface area (Å²) in [5, 5.41) is 7.16. The van der Waals surface area contributed by atoms with E-state index in [9.17, 15) is 27.6 Å². The fraction of sp³-hybridized carbons (Fsp3) is 0.698. The van der Waals surface area contributed by atoms with Crippen molar-refractivity contribution in [1.82, 2.24) is 25.2 Å². The Balaban J connectivity index is 1.17. The van der Waals surface area contributed by atoms with Gasteiger partial charge in [-0.2, -0.15) is 0 Å². The summed E-state index contributed by atoms with van der Waals surface area (Å²) >= 11 is 0. The highest BCUT2D eigenvalue weighted by Crippen LogP contribution is 2.47. The number of alkyl carbamates (subject to hydrolysis) is 1. The van der Waals surface area contributed by atoms with E-state index < -0.39 is 62.8 Å². The molecule has 1 saturated heterocycles. The van der Waals surface area contributed by atoms with Crippen molar-refractivity contribution in [2.75, 3.05) is 20.3 Å². The number of fused-ring (bicyclic) bond motifs is 5. The number of amides is 4. The van der Waals surface area contributed by atoms with Crippen molar-refractivity contribution < 1.29 is 41.8 Å². The summed E-state index contributed by atoms with van der Waals surface area (Å²) < 4.78 is 46.5. The molecule has 2 aromatic rings. The zero-order valence-electron chi connectivity index (χ0n) is 34.3. The van der Waals surface area contributed by atoms with Gasteiger partial charge in [-0.3, -0.25) is 19.1 Å². The van der Waals surface area contributed by atoms with Crippen molar-refractivity contribution in [3.8, 4) is 11.6 Å². The molecule has 0 unspecified atom stereocenters. The largest absolute Gasteiger partial charge is 0.496 e. The van der Waals surface area contributed by atoms with E-state index in [1.165, 1.54) is 10.5 Å². The maximum absolute atomic E-state index is 15.0. The van der Waals surface area contributed by atoms with Crippen LogP contribution in [0.4, 0.5) is 4.79 Å². The second-order valence-corrected chi connectivity index (χ2v) is 20.4. The molecule has 4 fully saturated rings. The Labute approximate surface area is 341 Å². The number of carbonyl (C=O) groups is 4. The topological polar surface area (TPSA) is 182 Å². The number of hydrogen-bond donors (Lipinski definition) is 3. The molecule has 5 atom stereocenters. The van der Waals surface area contributed by atoms with E-state index in [1.807, 2.05) is 6.92 Å². The number of cyclic esters (lactones) is 1. The van der Waals surface area contributed by atoms with Gasteiger partial charge in [0, 0.05) is 17.5 Å². The molecule has 0 radical (unpaired) electrons. The lowest BCUT2D eigenvalue weighted by atomic mass is 9.83. The Hall–Kier alpha value is -4.14. The summed E-state index contributed by atoms with van der Waals surface area (Å²) in [5.74, 6) is -0.914. The third-order valence-electron chi connectivity index (χ3n) is 13.6. The average molecular weight is 822 g/mol. The summed E-state index contributed by atoms with van der Waals surface area (Å²) in [6.07, 6.45) is 9.92. The summed E-state index contributed by atoms with van der Waals surface area (Å²) in [6, 6.07) is 2.18. The van der Waals surface area contributed by atoms with Crippen LogP contribution in [0.5, 0.6) is 11.6 Å². The molecule has 4 amide bonds. The van der Waals surface area contributed by atoms with E-state index in [0.717, 1.165) is 98.4 Å². The number of nitrogens with one attached hydrogen (secondary N) is 3. The van der Waals surface area contributed by atoms with Crippen LogP contribution in [0.15, 0.2) is 12.1 Å². The molecule has 14 nitrogen and oxygen atoms in total. The number of hydrogen-bond acceptors (Lipinski definition) is 10. The molecule has 3 heterocycles. The van der Waals surface area contributed by atoms with Crippen LogP contribution in [0, 0.1) is 17.3 Å². The van der Waals surface area contributed by atoms with Crippen LogP contribution in [0.2, 0.25) is 0 Å². The summed E-state index contributed by atoms with van der Waals surface area (Å²) in [4.78, 5) is 63.4. The van der Waals surface area contributed by atoms with Gasteiger partial charge in [0.2, 0.25) is 27.7 Å². The minimum absolute atomic E-state index is 0.0413. The third kappa shape index (κ3) is 8.08. The second kappa shape index (κ2) is 15.8. The van der Waals surface area contributed by atoms with Gasteiger partial charge in [-0.15, -0.1) is 0 Å². The Morgan fingerprint density at radius 3 is 2.50 bits per heavy atom. The number of nitrogens with zero attached hydrogens (tertiary/aromatic N) is 2. The van der Waals surface area contributed by atoms with Crippen molar-refractivity contribution >= 4 is 44.6 Å². The average Bonchev–Trinajstić information content (AvgIpc) is 4.09. The van der Waals surface area contributed by atoms with E-state index >= 15 is 0 Å². The first-order valence-corrected chi connectivity index (χ1v) is 23.1. The number of sulfonamides is 1. The van der Waals surface area contributed by atoms with E-state index in [1.54, 1.807) is 7.11 Å². The van der Waals surface area contributed by atoms with Crippen LogP contribution in [0.25, 0.3) is 10.8 Å². The SMILES string of the molecule is CC[C@@H]1C[C@]1(NC(=O)[C@@H]1C[C@@H]2CN1C(=O)[C@H](C1CCCCC1)NC(=O)OCC(C)(C)CCCc1cc3c(nc4c(c3cc1OC)CCC4)O2)C(=O)NS(=O)(=O)C1CC1. The lowest BCUT2D eigenvalue weighted by Crippen LogP contribution is -2.59. The van der Waals surface area contributed by atoms with Crippen LogP contribution >= 0.6 is 0 Å². The molecule has 3 N–H and O–H groups in total. The van der Waals surface area contributed by atoms with Gasteiger partial charge in [0.15, 0.2) is 0 Å². The smallest absolute Gasteiger partial charge is 0.407 e. The lowest BCUT2D eigenvalue weighted by molar-refractivity contribution is -0.142. The van der Waals surface area contributed by atoms with Crippen LogP contribution in [0.1, 0.15) is 121 Å². The molecule has 6 aliphatic rings. The van der Waals surface area contributed by atoms with Crippen molar-refractivity contribution in [3.63, 3.8) is 0 Å². The molecular formula is C43H59N5O9S. The molecule has 1 aromatic carbocycles. The number of carbonyl (C=O) groups excluding carboxylic acids is 4. The van der Waals surface area contributed by atoms with Gasteiger partial charge in [-0.25, -0.2) is 18.2 Å². The van der Waals surface area contributed by atoms with Crippen LogP contribution in [0.3, 0.4) is 0 Å². The van der Waals surface area contributed by atoms with Gasteiger partial charge in [0.25, 0.3) is 5.91 Å². The summed E-state index contributed by atoms with van der Waals surface area (Å²) in [7, 11) is -2.18. The van der Waals surface area contributed by atoms with E-state index in [0.29, 0.717) is 25.1 Å². The van der Waals surface area contributed by atoms with Crippen LogP contribution in [-0.2, 0) is 48.4 Å². The number of benzene rings is 1. The third-order valence-corrected chi connectivity index (χ3v) is 15.4. The maximum atomic E-state index is 15.0. The number of aryl methyl sites for hydroxylation is 3. The van der Waals surface area contributed by atoms with Crippen LogP contribution < -0.4 is 24.8 Å². The highest BCUT2D eigenvalue weighted by molar-refractivity contribution is 7.91. The fourth-order valence-electron chi connectivity index (χ4n) is 9.97. The van der Waals surface area contributed by atoms with Gasteiger partial charge in [0.05, 0.1) is 25.5 Å². The van der Waals surface area contributed by atoms with E-state index in [4.69, 9.17) is 19.2 Å². The molecule has 0 spiro atoms. The standard InChI is InChI=1S/C43H59N5O9S/c1-5-27-22-43(27,40(51)47-58(53,54)29-16-17-29)46-37(49)34-20-28-23-48(34)39(50)36(25-11-7-6-8-12-25)45-41(52)56-24-42(2,3)18-10-13-26-19-32-31(21-35(26)55-4)30-14-9-15-33(30)44-38(32)57-28/h19,21,25,27-29,34,36H,5-18,20,22-24H2,1-4H3,(H,45,52)(H,46,49)(H,47,51)/t27-,28-,34+,36+,43-/m1/s1. The first-order chi connectivity index (χ1) is 27.7. The number of rotatable bonds is 8. The van der Waals surface area contributed by atoms with E-state index in [2.05, 4.69) is 41.3 Å². The molecule has 4 aliphatic carbocycles. The minimum atomic E-state index is -3.86. The molecule has 8 rings (SSSR count). The normalized spacial score (nSPS) is 29.1. The highest BCUT2D eigenvalue weighted by atomic mass is 32.2. The first kappa shape index (κ1) is 40.6. The van der Waals surface area contributed by atoms with Gasteiger partial charge < -0.3 is 29.7 Å². The fourth-order valence-corrected chi connectivity index (χ4v) is 11.3. The van der Waals surface area contributed by atoms with Crippen molar-refractivity contribution in [1.29, 1.82) is 0 Å². The molecule has 58 heavy (non-hydrogen) atoms. The van der Waals surface area contributed by atoms with E-state index in [-0.39, 0.29) is 43.2 Å². The lowest BCUT2D eigenvalue weighted by Gasteiger charge is -2.35. The molecule has 3 saturated carbocycles. The second-order valence-electron chi connectivity index (χ2n) is 18.4. The zero-order chi connectivity index (χ0) is 41.0.